The number of ketones is 1. The third-order valence-corrected chi connectivity index (χ3v) is 6.49. The fourth-order valence-corrected chi connectivity index (χ4v) is 4.48. The Morgan fingerprint density at radius 2 is 1.83 bits per heavy atom. The van der Waals surface area contributed by atoms with Gasteiger partial charge in [-0.2, -0.15) is 0 Å². The van der Waals surface area contributed by atoms with Crippen LogP contribution in [0.25, 0.3) is 6.08 Å². The number of ether oxygens (including phenoxy) is 4. The summed E-state index contributed by atoms with van der Waals surface area (Å²) >= 11 is 0. The predicted octanol–water partition coefficient (Wildman–Crippen LogP) is 3.42. The summed E-state index contributed by atoms with van der Waals surface area (Å²) in [7, 11) is 0. The molecule has 2 aromatic rings. The van der Waals surface area contributed by atoms with Gasteiger partial charge >= 0.3 is 5.97 Å². The maximum absolute atomic E-state index is 12.7. The van der Waals surface area contributed by atoms with Crippen LogP contribution in [0.15, 0.2) is 42.2 Å². The van der Waals surface area contributed by atoms with Crippen molar-refractivity contribution >= 4 is 23.7 Å². The van der Waals surface area contributed by atoms with Gasteiger partial charge in [0, 0.05) is 12.6 Å². The summed E-state index contributed by atoms with van der Waals surface area (Å²) in [6.45, 7) is 0.506. The van der Waals surface area contributed by atoms with Gasteiger partial charge in [-0.1, -0.05) is 6.07 Å². The van der Waals surface area contributed by atoms with Gasteiger partial charge in [-0.05, 0) is 67.5 Å². The normalized spacial score (nSPS) is 21.4. The third kappa shape index (κ3) is 5.08. The number of nitrogens with one attached hydrogen (secondary N) is 1. The number of carboxylic acid groups (broad SMARTS) is 1. The van der Waals surface area contributed by atoms with E-state index in [9.17, 15) is 14.4 Å². The van der Waals surface area contributed by atoms with Crippen molar-refractivity contribution in [2.75, 3.05) is 19.9 Å². The van der Waals surface area contributed by atoms with Crippen LogP contribution in [0.5, 0.6) is 23.0 Å². The molecule has 0 aromatic heterocycles. The monoisotopic (exact) mass is 479 g/mol. The number of aliphatic carboxylic acids is 1. The number of fused-ring (bicyclic) bond motifs is 2. The van der Waals surface area contributed by atoms with Crippen LogP contribution in [0.4, 0.5) is 0 Å². The van der Waals surface area contributed by atoms with Crippen LogP contribution in [0.1, 0.15) is 41.6 Å². The summed E-state index contributed by atoms with van der Waals surface area (Å²) in [4.78, 5) is 36.0. The summed E-state index contributed by atoms with van der Waals surface area (Å²) in [6, 6.07) is 10.2. The number of allylic oxidation sites excluding steroid dienone is 1. The largest absolute Gasteiger partial charge is 0.484 e. The van der Waals surface area contributed by atoms with Gasteiger partial charge in [-0.25, -0.2) is 0 Å². The zero-order valence-electron chi connectivity index (χ0n) is 19.0. The molecule has 0 radical (unpaired) electrons. The van der Waals surface area contributed by atoms with Crippen LogP contribution in [0, 0.1) is 11.8 Å². The van der Waals surface area contributed by atoms with E-state index in [2.05, 4.69) is 5.32 Å². The molecule has 2 aromatic carbocycles. The first kappa shape index (κ1) is 22.8. The highest BCUT2D eigenvalue weighted by Gasteiger charge is 2.28. The number of hydrogen-bond donors (Lipinski definition) is 2. The van der Waals surface area contributed by atoms with Gasteiger partial charge in [0.2, 0.25) is 12.6 Å². The zero-order chi connectivity index (χ0) is 24.4. The topological polar surface area (TPSA) is 120 Å². The lowest BCUT2D eigenvalue weighted by molar-refractivity contribution is -0.143. The van der Waals surface area contributed by atoms with Crippen molar-refractivity contribution in [3.63, 3.8) is 0 Å². The Bertz CT molecular complexity index is 1200. The predicted molar refractivity (Wildman–Crippen MR) is 124 cm³/mol. The third-order valence-electron chi connectivity index (χ3n) is 6.49. The maximum atomic E-state index is 12.7. The molecule has 0 unspecified atom stereocenters. The number of hydrogen-bond acceptors (Lipinski definition) is 7. The fourth-order valence-electron chi connectivity index (χ4n) is 4.48. The number of benzene rings is 2. The molecule has 182 valence electrons. The molecule has 5 rings (SSSR count). The van der Waals surface area contributed by atoms with Gasteiger partial charge in [-0.15, -0.1) is 0 Å². The number of carbonyl (C=O) groups excluding carboxylic acids is 2. The molecule has 3 aliphatic rings. The van der Waals surface area contributed by atoms with Crippen LogP contribution in [-0.4, -0.2) is 42.7 Å². The van der Waals surface area contributed by atoms with Crippen LogP contribution >= 0.6 is 0 Å². The molecule has 9 nitrogen and oxygen atoms in total. The number of rotatable bonds is 7. The lowest BCUT2D eigenvalue weighted by atomic mass is 9.82. The van der Waals surface area contributed by atoms with Gasteiger partial charge in [0.1, 0.15) is 11.5 Å². The number of Topliss-reactive ketones (excluding diaryl/α,β-unsaturated/α-hetero) is 1. The van der Waals surface area contributed by atoms with Crippen molar-refractivity contribution in [1.29, 1.82) is 0 Å². The van der Waals surface area contributed by atoms with E-state index in [1.165, 1.54) is 0 Å². The smallest absolute Gasteiger partial charge is 0.306 e. The van der Waals surface area contributed by atoms with E-state index >= 15 is 0 Å². The molecule has 0 saturated heterocycles. The summed E-state index contributed by atoms with van der Waals surface area (Å²) < 4.78 is 22.0. The lowest BCUT2D eigenvalue weighted by Crippen LogP contribution is -2.35. The molecular weight excluding hydrogens is 454 g/mol. The van der Waals surface area contributed by atoms with Gasteiger partial charge in [0.25, 0.3) is 5.91 Å². The Hall–Kier alpha value is -4.01. The van der Waals surface area contributed by atoms with Crippen molar-refractivity contribution < 1.29 is 38.4 Å². The molecule has 1 fully saturated rings. The van der Waals surface area contributed by atoms with E-state index in [4.69, 9.17) is 24.1 Å². The first-order valence-electron chi connectivity index (χ1n) is 11.6. The number of carbonyl (C=O) groups is 3. The van der Waals surface area contributed by atoms with Crippen molar-refractivity contribution in [3.8, 4) is 23.0 Å². The van der Waals surface area contributed by atoms with Gasteiger partial charge in [-0.3, -0.25) is 14.4 Å². The maximum Gasteiger partial charge on any atom is 0.306 e. The zero-order valence-corrected chi connectivity index (χ0v) is 19.0. The van der Waals surface area contributed by atoms with Crippen molar-refractivity contribution in [2.45, 2.75) is 25.7 Å². The first-order chi connectivity index (χ1) is 17.0. The fraction of sp³-hybridized carbons (Fsp3) is 0.346. The minimum Gasteiger partial charge on any atom is -0.484 e. The van der Waals surface area contributed by atoms with Gasteiger partial charge in [0.15, 0.2) is 23.9 Å². The molecule has 35 heavy (non-hydrogen) atoms. The molecule has 1 saturated carbocycles. The summed E-state index contributed by atoms with van der Waals surface area (Å²) in [5, 5.41) is 11.9. The highest BCUT2D eigenvalue weighted by Crippen LogP contribution is 2.37. The van der Waals surface area contributed by atoms with E-state index in [1.54, 1.807) is 36.4 Å². The standard InChI is InChI=1S/C26H25NO8/c28-24(27-12-15-1-4-17(5-2-15)26(30)31)13-32-18-6-7-19-21(11-18)35-23(25(19)29)10-16-3-8-20-22(9-16)34-14-33-20/h3,6-11,15,17H,1-2,4-5,12-14H2,(H,27,28)(H,30,31)/b23-10-. The Morgan fingerprint density at radius 3 is 2.63 bits per heavy atom. The van der Waals surface area contributed by atoms with Crippen LogP contribution < -0.4 is 24.3 Å². The summed E-state index contributed by atoms with van der Waals surface area (Å²) in [5.41, 5.74) is 1.17. The minimum absolute atomic E-state index is 0.170. The van der Waals surface area contributed by atoms with E-state index in [0.29, 0.717) is 47.9 Å². The molecule has 0 atom stereocenters. The quantitative estimate of drug-likeness (QED) is 0.580. The molecule has 9 heteroatoms. The summed E-state index contributed by atoms with van der Waals surface area (Å²) in [6.07, 6.45) is 4.51. The highest BCUT2D eigenvalue weighted by molar-refractivity contribution is 6.14. The molecule has 0 spiro atoms. The average molecular weight is 479 g/mol. The Kier molecular flexibility index (Phi) is 6.31. The molecule has 2 aliphatic heterocycles. The molecule has 1 amide bonds. The van der Waals surface area contributed by atoms with E-state index in [-0.39, 0.29) is 42.7 Å². The SMILES string of the molecule is O=C(COc1ccc2c(c1)O/C(=C\c1ccc3c(c1)OCO3)C2=O)NCC1CCC(C(=O)O)CC1. The molecule has 1 aliphatic carbocycles. The Labute approximate surface area is 201 Å². The number of amides is 1. The second-order valence-electron chi connectivity index (χ2n) is 8.86. The lowest BCUT2D eigenvalue weighted by Gasteiger charge is -2.26. The number of carboxylic acids is 1. The van der Waals surface area contributed by atoms with Crippen LogP contribution in [-0.2, 0) is 9.59 Å². The van der Waals surface area contributed by atoms with Crippen molar-refractivity contribution in [1.82, 2.24) is 5.32 Å². The Balaban J connectivity index is 1.13. The van der Waals surface area contributed by atoms with E-state index in [1.807, 2.05) is 6.07 Å². The second-order valence-corrected chi connectivity index (χ2v) is 8.86. The van der Waals surface area contributed by atoms with Gasteiger partial charge < -0.3 is 29.4 Å². The molecular formula is C26H25NO8. The Morgan fingerprint density at radius 1 is 1.03 bits per heavy atom. The average Bonchev–Trinajstić information content (AvgIpc) is 3.45. The molecule has 0 bridgehead atoms. The van der Waals surface area contributed by atoms with Crippen LogP contribution in [0.2, 0.25) is 0 Å². The second kappa shape index (κ2) is 9.69. The van der Waals surface area contributed by atoms with Gasteiger partial charge in [0.05, 0.1) is 11.5 Å². The van der Waals surface area contributed by atoms with Crippen molar-refractivity contribution in [2.24, 2.45) is 11.8 Å². The summed E-state index contributed by atoms with van der Waals surface area (Å²) in [5.74, 6) is 1.02. The minimum atomic E-state index is -0.739. The molecule has 2 N–H and O–H groups in total. The first-order valence-corrected chi connectivity index (χ1v) is 11.6. The highest BCUT2D eigenvalue weighted by atomic mass is 16.7. The molecule has 2 heterocycles. The van der Waals surface area contributed by atoms with Crippen LogP contribution in [0.3, 0.4) is 0 Å². The van der Waals surface area contributed by atoms with E-state index < -0.39 is 5.97 Å². The van der Waals surface area contributed by atoms with E-state index in [0.717, 1.165) is 18.4 Å². The van der Waals surface area contributed by atoms with Crippen molar-refractivity contribution in [3.05, 3.63) is 53.3 Å².